The minimum Gasteiger partial charge on any atom is -0.306 e. The fourth-order valence-electron chi connectivity index (χ4n) is 0.417. The Hall–Kier alpha value is 0.200. The summed E-state index contributed by atoms with van der Waals surface area (Å²) in [7, 11) is 0. The molecule has 0 aliphatic carbocycles. The van der Waals surface area contributed by atoms with Gasteiger partial charge < -0.3 is 5.43 Å². The molecule has 1 rings (SSSR count). The molecule has 1 N–H and O–H groups in total. The van der Waals surface area contributed by atoms with E-state index in [0.717, 1.165) is 0 Å². The second-order valence-corrected chi connectivity index (χ2v) is 3.57. The van der Waals surface area contributed by atoms with E-state index in [-0.39, 0.29) is 0 Å². The van der Waals surface area contributed by atoms with Crippen LogP contribution in [-0.4, -0.2) is 10.1 Å². The van der Waals surface area contributed by atoms with Gasteiger partial charge in [0.2, 0.25) is 0 Å². The number of rotatable bonds is 1. The van der Waals surface area contributed by atoms with Gasteiger partial charge in [-0.3, -0.25) is 0 Å². The highest BCUT2D eigenvalue weighted by Crippen LogP contribution is 2.27. The standard InChI is InChI=1S/C4H8N2S2/c1-4-3-5-6(7-2)8-4/h3,5H,1-2H3. The molecule has 0 spiro atoms. The van der Waals surface area contributed by atoms with Gasteiger partial charge in [-0.1, -0.05) is 0 Å². The van der Waals surface area contributed by atoms with Crippen molar-refractivity contribution in [3.05, 3.63) is 11.1 Å². The summed E-state index contributed by atoms with van der Waals surface area (Å²) in [6.45, 7) is 2.08. The van der Waals surface area contributed by atoms with Gasteiger partial charge in [-0.05, 0) is 37.1 Å². The molecule has 0 fully saturated rings. The molecule has 0 unspecified atom stereocenters. The molecule has 4 heteroatoms. The summed E-state index contributed by atoms with van der Waals surface area (Å²) in [5.74, 6) is 0. The Morgan fingerprint density at radius 1 is 1.88 bits per heavy atom. The van der Waals surface area contributed by atoms with Crippen LogP contribution in [0.5, 0.6) is 0 Å². The molecule has 0 atom stereocenters. The van der Waals surface area contributed by atoms with Gasteiger partial charge in [-0.25, -0.2) is 0 Å². The predicted molar refractivity (Wildman–Crippen MR) is 39.8 cm³/mol. The Balaban J connectivity index is 2.32. The summed E-state index contributed by atoms with van der Waals surface area (Å²) in [4.78, 5) is 1.30. The number of nitrogens with zero attached hydrogens (tertiary/aromatic N) is 1. The summed E-state index contributed by atoms with van der Waals surface area (Å²) in [5, 5.41) is 0. The van der Waals surface area contributed by atoms with Gasteiger partial charge in [0.15, 0.2) is 0 Å². The number of hydrogen-bond donors (Lipinski definition) is 1. The zero-order valence-corrected chi connectivity index (χ0v) is 6.47. The molecule has 0 aromatic rings. The van der Waals surface area contributed by atoms with E-state index in [1.165, 1.54) is 4.91 Å². The van der Waals surface area contributed by atoms with Gasteiger partial charge >= 0.3 is 0 Å². The maximum Gasteiger partial charge on any atom is 0.0252 e. The average Bonchev–Trinajstić information content (AvgIpc) is 2.14. The van der Waals surface area contributed by atoms with Crippen molar-refractivity contribution in [1.82, 2.24) is 9.25 Å². The Morgan fingerprint density at radius 2 is 2.62 bits per heavy atom. The number of allylic oxidation sites excluding steroid dienone is 1. The number of nitrogens with one attached hydrogen (secondary N) is 1. The molecule has 1 aliphatic heterocycles. The Kier molecular flexibility index (Phi) is 2.10. The van der Waals surface area contributed by atoms with Crippen molar-refractivity contribution in [2.24, 2.45) is 0 Å². The predicted octanol–water partition coefficient (Wildman–Crippen LogP) is 1.59. The van der Waals surface area contributed by atoms with Crippen molar-refractivity contribution < 1.29 is 0 Å². The first-order valence-corrected chi connectivity index (χ1v) is 4.23. The van der Waals surface area contributed by atoms with Crippen molar-refractivity contribution in [2.75, 3.05) is 6.26 Å². The van der Waals surface area contributed by atoms with Crippen molar-refractivity contribution in [3.63, 3.8) is 0 Å². The molecule has 0 amide bonds. The lowest BCUT2D eigenvalue weighted by Gasteiger charge is -2.07. The highest BCUT2D eigenvalue weighted by atomic mass is 32.2. The van der Waals surface area contributed by atoms with Gasteiger partial charge in [0, 0.05) is 11.1 Å². The minimum absolute atomic E-state index is 1.30. The largest absolute Gasteiger partial charge is 0.306 e. The van der Waals surface area contributed by atoms with Crippen molar-refractivity contribution in [1.29, 1.82) is 0 Å². The quantitative estimate of drug-likeness (QED) is 0.568. The zero-order valence-electron chi connectivity index (χ0n) is 4.84. The first kappa shape index (κ1) is 6.32. The van der Waals surface area contributed by atoms with Crippen LogP contribution in [0.2, 0.25) is 0 Å². The Bertz CT molecular complexity index is 113. The monoisotopic (exact) mass is 148 g/mol. The van der Waals surface area contributed by atoms with E-state index >= 15 is 0 Å². The molecule has 1 aliphatic rings. The molecule has 46 valence electrons. The average molecular weight is 148 g/mol. The third-order valence-electron chi connectivity index (χ3n) is 0.766. The molecule has 0 saturated heterocycles. The van der Waals surface area contributed by atoms with Crippen LogP contribution in [0.1, 0.15) is 6.92 Å². The lowest BCUT2D eigenvalue weighted by molar-refractivity contribution is 0.669. The first-order chi connectivity index (χ1) is 3.83. The van der Waals surface area contributed by atoms with Crippen LogP contribution >= 0.6 is 23.9 Å². The van der Waals surface area contributed by atoms with Crippen LogP contribution in [0, 0.1) is 0 Å². The smallest absolute Gasteiger partial charge is 0.0252 e. The molecule has 8 heavy (non-hydrogen) atoms. The van der Waals surface area contributed by atoms with E-state index in [9.17, 15) is 0 Å². The van der Waals surface area contributed by atoms with Crippen LogP contribution in [0.4, 0.5) is 0 Å². The van der Waals surface area contributed by atoms with Gasteiger partial charge in [-0.2, -0.15) is 0 Å². The van der Waals surface area contributed by atoms with Crippen LogP contribution in [0.3, 0.4) is 0 Å². The van der Waals surface area contributed by atoms with E-state index in [0.29, 0.717) is 0 Å². The SMILES string of the molecule is CSN1NC=C(C)S1. The highest BCUT2D eigenvalue weighted by molar-refractivity contribution is 8.13. The molecule has 0 bridgehead atoms. The van der Waals surface area contributed by atoms with E-state index < -0.39 is 0 Å². The van der Waals surface area contributed by atoms with Crippen LogP contribution in [0.15, 0.2) is 11.1 Å². The summed E-state index contributed by atoms with van der Waals surface area (Å²) in [5.41, 5.74) is 3.05. The molecule has 1 heterocycles. The number of hydrazine groups is 1. The summed E-state index contributed by atoms with van der Waals surface area (Å²) < 4.78 is 2.00. The summed E-state index contributed by atoms with van der Waals surface area (Å²) in [6, 6.07) is 0. The van der Waals surface area contributed by atoms with Crippen molar-refractivity contribution >= 4 is 23.9 Å². The zero-order chi connectivity index (χ0) is 5.98. The Labute approximate surface area is 57.9 Å². The third kappa shape index (κ3) is 1.34. The first-order valence-electron chi connectivity index (χ1n) is 2.28. The maximum atomic E-state index is 3.05. The topological polar surface area (TPSA) is 15.3 Å². The van der Waals surface area contributed by atoms with E-state index in [4.69, 9.17) is 0 Å². The van der Waals surface area contributed by atoms with Crippen molar-refractivity contribution in [3.8, 4) is 0 Å². The lowest BCUT2D eigenvalue weighted by Crippen LogP contribution is -2.13. The van der Waals surface area contributed by atoms with Gasteiger partial charge in [0.05, 0.1) is 0 Å². The van der Waals surface area contributed by atoms with Crippen LogP contribution in [0.25, 0.3) is 0 Å². The number of hydrogen-bond acceptors (Lipinski definition) is 4. The van der Waals surface area contributed by atoms with Crippen LogP contribution in [-0.2, 0) is 0 Å². The van der Waals surface area contributed by atoms with Crippen molar-refractivity contribution in [2.45, 2.75) is 6.92 Å². The van der Waals surface area contributed by atoms with E-state index in [2.05, 4.69) is 12.3 Å². The third-order valence-corrected chi connectivity index (χ3v) is 2.55. The summed E-state index contributed by atoms with van der Waals surface area (Å²) >= 11 is 3.38. The summed E-state index contributed by atoms with van der Waals surface area (Å²) in [6.07, 6.45) is 4.02. The second kappa shape index (κ2) is 2.66. The van der Waals surface area contributed by atoms with E-state index in [1.807, 2.05) is 16.3 Å². The molecule has 2 nitrogen and oxygen atoms in total. The van der Waals surface area contributed by atoms with Crippen LogP contribution < -0.4 is 5.43 Å². The maximum absolute atomic E-state index is 3.05. The molecule has 0 saturated carbocycles. The molecular weight excluding hydrogens is 140 g/mol. The van der Waals surface area contributed by atoms with E-state index in [1.54, 1.807) is 23.9 Å². The highest BCUT2D eigenvalue weighted by Gasteiger charge is 2.08. The minimum atomic E-state index is 1.30. The lowest BCUT2D eigenvalue weighted by atomic mass is 10.7. The van der Waals surface area contributed by atoms with Gasteiger partial charge in [-0.15, -0.1) is 3.82 Å². The Morgan fingerprint density at radius 3 is 2.88 bits per heavy atom. The molecule has 0 aromatic carbocycles. The second-order valence-electron chi connectivity index (χ2n) is 1.42. The molecule has 0 radical (unpaired) electrons. The fourth-order valence-corrected chi connectivity index (χ4v) is 1.70. The normalized spacial score (nSPS) is 20.5. The molecular formula is C4H8N2S2. The van der Waals surface area contributed by atoms with Gasteiger partial charge in [0.25, 0.3) is 0 Å². The van der Waals surface area contributed by atoms with Gasteiger partial charge in [0.1, 0.15) is 0 Å². The molecule has 0 aromatic heterocycles. The fraction of sp³-hybridized carbons (Fsp3) is 0.500.